The molecular weight excluding hydrogens is 280 g/mol. The minimum Gasteiger partial charge on any atom is -0.475 e. The molecule has 1 aliphatic rings. The summed E-state index contributed by atoms with van der Waals surface area (Å²) in [7, 11) is 0. The number of nitrogens with zero attached hydrogens (tertiary/aromatic N) is 1. The number of nitrogens with two attached hydrogens (primary N) is 1. The predicted octanol–water partition coefficient (Wildman–Crippen LogP) is 3.19. The normalized spacial score (nSPS) is 19.0. The van der Waals surface area contributed by atoms with E-state index in [0.717, 1.165) is 22.9 Å². The fourth-order valence-corrected chi connectivity index (χ4v) is 2.58. The third-order valence-corrected chi connectivity index (χ3v) is 4.36. The molecule has 1 saturated carbocycles. The van der Waals surface area contributed by atoms with Crippen molar-refractivity contribution in [2.24, 2.45) is 5.73 Å². The number of halogens is 1. The van der Waals surface area contributed by atoms with E-state index < -0.39 is 0 Å². The van der Waals surface area contributed by atoms with Crippen molar-refractivity contribution in [2.45, 2.75) is 44.6 Å². The highest BCUT2D eigenvalue weighted by Gasteiger charge is 2.28. The van der Waals surface area contributed by atoms with Gasteiger partial charge in [-0.05, 0) is 47.3 Å². The average molecular weight is 299 g/mol. The zero-order chi connectivity index (χ0) is 12.3. The van der Waals surface area contributed by atoms with Gasteiger partial charge in [-0.3, -0.25) is 0 Å². The van der Waals surface area contributed by atoms with Crippen LogP contribution in [0.2, 0.25) is 0 Å². The van der Waals surface area contributed by atoms with Crippen LogP contribution in [0.5, 0.6) is 5.88 Å². The summed E-state index contributed by atoms with van der Waals surface area (Å²) in [6.45, 7) is 2.58. The number of pyridine rings is 1. The molecule has 0 saturated heterocycles. The molecule has 1 heterocycles. The molecule has 4 heteroatoms. The fourth-order valence-electron chi connectivity index (χ4n) is 2.23. The molecule has 2 rings (SSSR count). The Bertz CT molecular complexity index is 389. The molecule has 0 aliphatic heterocycles. The average Bonchev–Trinajstić information content (AvgIpc) is 2.32. The Balaban J connectivity index is 1.99. The van der Waals surface area contributed by atoms with Crippen molar-refractivity contribution in [3.05, 3.63) is 22.3 Å². The maximum absolute atomic E-state index is 6.33. The van der Waals surface area contributed by atoms with Crippen LogP contribution < -0.4 is 10.5 Å². The molecule has 0 spiro atoms. The lowest BCUT2D eigenvalue weighted by Crippen LogP contribution is -2.47. The maximum Gasteiger partial charge on any atom is 0.228 e. The van der Waals surface area contributed by atoms with Gasteiger partial charge in [-0.1, -0.05) is 19.3 Å². The second kappa shape index (κ2) is 5.36. The van der Waals surface area contributed by atoms with E-state index in [1.807, 2.05) is 13.0 Å². The number of hydrogen-bond acceptors (Lipinski definition) is 3. The van der Waals surface area contributed by atoms with Gasteiger partial charge < -0.3 is 10.5 Å². The van der Waals surface area contributed by atoms with Crippen LogP contribution in [0.1, 0.15) is 37.7 Å². The molecular formula is C13H19BrN2O. The Morgan fingerprint density at radius 2 is 2.12 bits per heavy atom. The Morgan fingerprint density at radius 3 is 2.82 bits per heavy atom. The van der Waals surface area contributed by atoms with E-state index in [0.29, 0.717) is 12.5 Å². The van der Waals surface area contributed by atoms with Gasteiger partial charge in [0.2, 0.25) is 5.88 Å². The first kappa shape index (κ1) is 12.8. The van der Waals surface area contributed by atoms with E-state index in [1.54, 1.807) is 6.20 Å². The molecule has 1 fully saturated rings. The lowest BCUT2D eigenvalue weighted by molar-refractivity contribution is 0.168. The van der Waals surface area contributed by atoms with Crippen molar-refractivity contribution in [1.29, 1.82) is 0 Å². The standard InChI is InChI=1S/C13H19BrN2O/c1-10-5-8-16-12(11(10)14)17-9-13(15)6-3-2-4-7-13/h5,8H,2-4,6-7,9,15H2,1H3. The van der Waals surface area contributed by atoms with Gasteiger partial charge in [0, 0.05) is 6.20 Å². The molecule has 0 radical (unpaired) electrons. The zero-order valence-corrected chi connectivity index (χ0v) is 11.8. The SMILES string of the molecule is Cc1ccnc(OCC2(N)CCCCC2)c1Br. The summed E-state index contributed by atoms with van der Waals surface area (Å²) in [5.41, 5.74) is 7.29. The highest BCUT2D eigenvalue weighted by Crippen LogP contribution is 2.29. The first-order valence-corrected chi connectivity index (χ1v) is 6.93. The second-order valence-corrected chi connectivity index (χ2v) is 5.75. The Kier molecular flexibility index (Phi) is 4.05. The molecule has 1 aliphatic carbocycles. The maximum atomic E-state index is 6.33. The van der Waals surface area contributed by atoms with Crippen LogP contribution in [0.3, 0.4) is 0 Å². The molecule has 0 bridgehead atoms. The summed E-state index contributed by atoms with van der Waals surface area (Å²) < 4.78 is 6.71. The highest BCUT2D eigenvalue weighted by atomic mass is 79.9. The molecule has 94 valence electrons. The van der Waals surface area contributed by atoms with Crippen molar-refractivity contribution >= 4 is 15.9 Å². The fraction of sp³-hybridized carbons (Fsp3) is 0.615. The number of ether oxygens (including phenoxy) is 1. The van der Waals surface area contributed by atoms with Crippen LogP contribution in [0.4, 0.5) is 0 Å². The van der Waals surface area contributed by atoms with Gasteiger partial charge in [0.25, 0.3) is 0 Å². The van der Waals surface area contributed by atoms with Crippen molar-refractivity contribution in [3.8, 4) is 5.88 Å². The van der Waals surface area contributed by atoms with Crippen LogP contribution in [0.15, 0.2) is 16.7 Å². The van der Waals surface area contributed by atoms with Crippen LogP contribution >= 0.6 is 15.9 Å². The van der Waals surface area contributed by atoms with Crippen molar-refractivity contribution in [1.82, 2.24) is 4.98 Å². The number of rotatable bonds is 3. The third kappa shape index (κ3) is 3.19. The molecule has 0 unspecified atom stereocenters. The van der Waals surface area contributed by atoms with E-state index in [4.69, 9.17) is 10.5 Å². The third-order valence-electron chi connectivity index (χ3n) is 3.40. The van der Waals surface area contributed by atoms with E-state index in [2.05, 4.69) is 20.9 Å². The monoisotopic (exact) mass is 298 g/mol. The van der Waals surface area contributed by atoms with Gasteiger partial charge in [-0.25, -0.2) is 4.98 Å². The number of hydrogen-bond donors (Lipinski definition) is 1. The second-order valence-electron chi connectivity index (χ2n) is 4.96. The lowest BCUT2D eigenvalue weighted by Gasteiger charge is -2.32. The van der Waals surface area contributed by atoms with Gasteiger partial charge in [-0.15, -0.1) is 0 Å². The first-order chi connectivity index (χ1) is 8.11. The van der Waals surface area contributed by atoms with Crippen LogP contribution in [-0.4, -0.2) is 17.1 Å². The Labute approximate surface area is 111 Å². The number of aromatic nitrogens is 1. The van der Waals surface area contributed by atoms with Gasteiger partial charge in [0.05, 0.1) is 10.0 Å². The highest BCUT2D eigenvalue weighted by molar-refractivity contribution is 9.10. The van der Waals surface area contributed by atoms with Gasteiger partial charge >= 0.3 is 0 Å². The van der Waals surface area contributed by atoms with Crippen LogP contribution in [-0.2, 0) is 0 Å². The van der Waals surface area contributed by atoms with Crippen molar-refractivity contribution in [3.63, 3.8) is 0 Å². The van der Waals surface area contributed by atoms with Crippen LogP contribution in [0, 0.1) is 6.92 Å². The predicted molar refractivity (Wildman–Crippen MR) is 72.2 cm³/mol. The Hall–Kier alpha value is -0.610. The van der Waals surface area contributed by atoms with Crippen LogP contribution in [0.25, 0.3) is 0 Å². The van der Waals surface area contributed by atoms with Crippen molar-refractivity contribution < 1.29 is 4.74 Å². The van der Waals surface area contributed by atoms with Crippen molar-refractivity contribution in [2.75, 3.05) is 6.61 Å². The zero-order valence-electron chi connectivity index (χ0n) is 10.2. The molecule has 1 aromatic rings. The summed E-state index contributed by atoms with van der Waals surface area (Å²) in [5.74, 6) is 0.653. The van der Waals surface area contributed by atoms with Gasteiger partial charge in [0.15, 0.2) is 0 Å². The largest absolute Gasteiger partial charge is 0.475 e. The summed E-state index contributed by atoms with van der Waals surface area (Å²) in [6.07, 6.45) is 7.59. The molecule has 17 heavy (non-hydrogen) atoms. The minimum atomic E-state index is -0.164. The Morgan fingerprint density at radius 1 is 1.41 bits per heavy atom. The molecule has 0 atom stereocenters. The van der Waals surface area contributed by atoms with Gasteiger partial charge in [-0.2, -0.15) is 0 Å². The van der Waals surface area contributed by atoms with E-state index >= 15 is 0 Å². The van der Waals surface area contributed by atoms with E-state index in [-0.39, 0.29) is 5.54 Å². The first-order valence-electron chi connectivity index (χ1n) is 6.13. The number of aryl methyl sites for hydroxylation is 1. The van der Waals surface area contributed by atoms with E-state index in [9.17, 15) is 0 Å². The molecule has 3 nitrogen and oxygen atoms in total. The molecule has 1 aromatic heterocycles. The summed E-state index contributed by atoms with van der Waals surface area (Å²) in [5, 5.41) is 0. The molecule has 2 N–H and O–H groups in total. The lowest BCUT2D eigenvalue weighted by atomic mass is 9.83. The summed E-state index contributed by atoms with van der Waals surface area (Å²) in [6, 6.07) is 1.95. The summed E-state index contributed by atoms with van der Waals surface area (Å²) in [4.78, 5) is 4.23. The minimum absolute atomic E-state index is 0.164. The smallest absolute Gasteiger partial charge is 0.228 e. The molecule has 0 amide bonds. The molecule has 0 aromatic carbocycles. The van der Waals surface area contributed by atoms with E-state index in [1.165, 1.54) is 19.3 Å². The topological polar surface area (TPSA) is 48.1 Å². The summed E-state index contributed by atoms with van der Waals surface area (Å²) >= 11 is 3.49. The quantitative estimate of drug-likeness (QED) is 0.932. The van der Waals surface area contributed by atoms with Gasteiger partial charge in [0.1, 0.15) is 6.61 Å².